The summed E-state index contributed by atoms with van der Waals surface area (Å²) in [7, 11) is 0. The topological polar surface area (TPSA) is 84.2 Å². The lowest BCUT2D eigenvalue weighted by atomic mass is 10.00. The molecule has 1 aromatic carbocycles. The number of carbonyl (C=O) groups excluding carboxylic acids is 2. The SMILES string of the molecule is CC(=O)Nc1cc(NC(=O)C[C@@H]2CCC[C@H]2N)ccc1Cl. The van der Waals surface area contributed by atoms with Gasteiger partial charge in [-0.05, 0) is 37.0 Å². The van der Waals surface area contributed by atoms with E-state index in [1.54, 1.807) is 18.2 Å². The van der Waals surface area contributed by atoms with Crippen molar-refractivity contribution in [3.05, 3.63) is 23.2 Å². The zero-order chi connectivity index (χ0) is 15.4. The lowest BCUT2D eigenvalue weighted by molar-refractivity contribution is -0.117. The Morgan fingerprint density at radius 3 is 2.71 bits per heavy atom. The second-order valence-corrected chi connectivity index (χ2v) is 5.89. The Kier molecular flexibility index (Phi) is 5.20. The minimum Gasteiger partial charge on any atom is -0.327 e. The monoisotopic (exact) mass is 309 g/mol. The molecule has 2 rings (SSSR count). The van der Waals surface area contributed by atoms with Gasteiger partial charge in [-0.2, -0.15) is 0 Å². The van der Waals surface area contributed by atoms with Crippen molar-refractivity contribution < 1.29 is 9.59 Å². The molecule has 0 heterocycles. The standard InChI is InChI=1S/C15H20ClN3O2/c1-9(20)18-14-8-11(5-6-12(14)16)19-15(21)7-10-3-2-4-13(10)17/h5-6,8,10,13H,2-4,7,17H2,1H3,(H,18,20)(H,19,21)/t10-,13+/m0/s1. The van der Waals surface area contributed by atoms with Crippen molar-refractivity contribution in [1.29, 1.82) is 0 Å². The van der Waals surface area contributed by atoms with Gasteiger partial charge < -0.3 is 16.4 Å². The van der Waals surface area contributed by atoms with Gasteiger partial charge in [0.15, 0.2) is 0 Å². The Labute approximate surface area is 129 Å². The molecule has 5 nitrogen and oxygen atoms in total. The Hall–Kier alpha value is -1.59. The van der Waals surface area contributed by atoms with E-state index in [2.05, 4.69) is 10.6 Å². The van der Waals surface area contributed by atoms with Crippen LogP contribution < -0.4 is 16.4 Å². The van der Waals surface area contributed by atoms with Crippen molar-refractivity contribution in [3.63, 3.8) is 0 Å². The highest BCUT2D eigenvalue weighted by Crippen LogP contribution is 2.28. The zero-order valence-electron chi connectivity index (χ0n) is 12.0. The molecule has 0 spiro atoms. The minimum atomic E-state index is -0.211. The Balaban J connectivity index is 1.98. The van der Waals surface area contributed by atoms with Crippen molar-refractivity contribution in [2.24, 2.45) is 11.7 Å². The van der Waals surface area contributed by atoms with Gasteiger partial charge in [-0.15, -0.1) is 0 Å². The van der Waals surface area contributed by atoms with Crippen LogP contribution in [-0.2, 0) is 9.59 Å². The second kappa shape index (κ2) is 6.91. The van der Waals surface area contributed by atoms with Gasteiger partial charge in [0.05, 0.1) is 10.7 Å². The quantitative estimate of drug-likeness (QED) is 0.799. The largest absolute Gasteiger partial charge is 0.327 e. The number of amides is 2. The third-order valence-electron chi connectivity index (χ3n) is 3.73. The lowest BCUT2D eigenvalue weighted by Gasteiger charge is -2.15. The molecule has 0 radical (unpaired) electrons. The maximum atomic E-state index is 12.0. The molecule has 1 fully saturated rings. The number of nitrogens with two attached hydrogens (primary N) is 1. The Morgan fingerprint density at radius 2 is 2.10 bits per heavy atom. The molecule has 0 bridgehead atoms. The van der Waals surface area contributed by atoms with E-state index in [1.165, 1.54) is 6.92 Å². The van der Waals surface area contributed by atoms with Crippen LogP contribution in [-0.4, -0.2) is 17.9 Å². The summed E-state index contributed by atoms with van der Waals surface area (Å²) in [6.07, 6.45) is 3.52. The van der Waals surface area contributed by atoms with Gasteiger partial charge in [0, 0.05) is 25.1 Å². The van der Waals surface area contributed by atoms with Gasteiger partial charge in [-0.1, -0.05) is 18.0 Å². The third kappa shape index (κ3) is 4.44. The highest BCUT2D eigenvalue weighted by Gasteiger charge is 2.26. The summed E-state index contributed by atoms with van der Waals surface area (Å²) in [5.41, 5.74) is 7.07. The van der Waals surface area contributed by atoms with Crippen LogP contribution in [0.1, 0.15) is 32.6 Å². The van der Waals surface area contributed by atoms with Crippen molar-refractivity contribution in [2.75, 3.05) is 10.6 Å². The van der Waals surface area contributed by atoms with Crippen molar-refractivity contribution in [2.45, 2.75) is 38.6 Å². The fourth-order valence-corrected chi connectivity index (χ4v) is 2.82. The second-order valence-electron chi connectivity index (χ2n) is 5.48. The van der Waals surface area contributed by atoms with Crippen LogP contribution in [0.2, 0.25) is 5.02 Å². The minimum absolute atomic E-state index is 0.0616. The average molecular weight is 310 g/mol. The van der Waals surface area contributed by atoms with Gasteiger partial charge in [-0.25, -0.2) is 0 Å². The molecule has 4 N–H and O–H groups in total. The van der Waals surface area contributed by atoms with Crippen LogP contribution in [0.25, 0.3) is 0 Å². The zero-order valence-corrected chi connectivity index (χ0v) is 12.7. The van der Waals surface area contributed by atoms with E-state index < -0.39 is 0 Å². The molecule has 2 amide bonds. The summed E-state index contributed by atoms with van der Waals surface area (Å²) >= 11 is 5.99. The van der Waals surface area contributed by atoms with Crippen LogP contribution in [0.4, 0.5) is 11.4 Å². The summed E-state index contributed by atoms with van der Waals surface area (Å²) < 4.78 is 0. The molecule has 6 heteroatoms. The van der Waals surface area contributed by atoms with E-state index in [9.17, 15) is 9.59 Å². The van der Waals surface area contributed by atoms with Crippen molar-refractivity contribution in [1.82, 2.24) is 0 Å². The third-order valence-corrected chi connectivity index (χ3v) is 4.06. The molecule has 1 saturated carbocycles. The fraction of sp³-hybridized carbons (Fsp3) is 0.467. The normalized spacial score (nSPS) is 21.1. The van der Waals surface area contributed by atoms with E-state index in [-0.39, 0.29) is 23.8 Å². The molecule has 1 aliphatic rings. The average Bonchev–Trinajstić information content (AvgIpc) is 2.78. The number of hydrogen-bond acceptors (Lipinski definition) is 3. The van der Waals surface area contributed by atoms with Gasteiger partial charge in [0.1, 0.15) is 0 Å². The summed E-state index contributed by atoms with van der Waals surface area (Å²) in [6, 6.07) is 5.12. The number of benzene rings is 1. The smallest absolute Gasteiger partial charge is 0.224 e. The van der Waals surface area contributed by atoms with Crippen molar-refractivity contribution >= 4 is 34.8 Å². The van der Waals surface area contributed by atoms with E-state index in [0.717, 1.165) is 19.3 Å². The predicted octanol–water partition coefficient (Wildman–Crippen LogP) is 2.75. The maximum Gasteiger partial charge on any atom is 0.224 e. The fourth-order valence-electron chi connectivity index (χ4n) is 2.66. The first kappa shape index (κ1) is 15.8. The van der Waals surface area contributed by atoms with E-state index in [4.69, 9.17) is 17.3 Å². The van der Waals surface area contributed by atoms with Crippen LogP contribution in [0.15, 0.2) is 18.2 Å². The van der Waals surface area contributed by atoms with Crippen LogP contribution >= 0.6 is 11.6 Å². The molecular weight excluding hydrogens is 290 g/mol. The maximum absolute atomic E-state index is 12.0. The van der Waals surface area contributed by atoms with Gasteiger partial charge in [0.2, 0.25) is 11.8 Å². The van der Waals surface area contributed by atoms with Crippen LogP contribution in [0.5, 0.6) is 0 Å². The first-order valence-corrected chi connectivity index (χ1v) is 7.46. The number of nitrogens with one attached hydrogen (secondary N) is 2. The molecule has 0 unspecified atom stereocenters. The molecule has 0 saturated heterocycles. The Morgan fingerprint density at radius 1 is 1.33 bits per heavy atom. The molecule has 2 atom stereocenters. The van der Waals surface area contributed by atoms with Gasteiger partial charge >= 0.3 is 0 Å². The number of anilines is 2. The number of rotatable bonds is 4. The molecule has 0 aliphatic heterocycles. The summed E-state index contributed by atoms with van der Waals surface area (Å²) in [5, 5.41) is 5.88. The van der Waals surface area contributed by atoms with Crippen LogP contribution in [0.3, 0.4) is 0 Å². The lowest BCUT2D eigenvalue weighted by Crippen LogP contribution is -2.28. The molecule has 1 aliphatic carbocycles. The summed E-state index contributed by atoms with van der Waals surface area (Å²) in [6.45, 7) is 1.41. The number of carbonyl (C=O) groups is 2. The molecule has 21 heavy (non-hydrogen) atoms. The molecule has 114 valence electrons. The van der Waals surface area contributed by atoms with E-state index >= 15 is 0 Å². The van der Waals surface area contributed by atoms with Gasteiger partial charge in [0.25, 0.3) is 0 Å². The molecule has 1 aromatic rings. The first-order valence-electron chi connectivity index (χ1n) is 7.08. The molecule has 0 aromatic heterocycles. The van der Waals surface area contributed by atoms with E-state index in [0.29, 0.717) is 22.8 Å². The van der Waals surface area contributed by atoms with E-state index in [1.807, 2.05) is 0 Å². The number of halogens is 1. The first-order chi connectivity index (χ1) is 9.95. The predicted molar refractivity (Wildman–Crippen MR) is 84.3 cm³/mol. The highest BCUT2D eigenvalue weighted by atomic mass is 35.5. The van der Waals surface area contributed by atoms with Gasteiger partial charge in [-0.3, -0.25) is 9.59 Å². The Bertz CT molecular complexity index is 548. The number of hydrogen-bond donors (Lipinski definition) is 3. The highest BCUT2D eigenvalue weighted by molar-refractivity contribution is 6.33. The van der Waals surface area contributed by atoms with Crippen LogP contribution in [0, 0.1) is 5.92 Å². The molecular formula is C15H20ClN3O2. The summed E-state index contributed by atoms with van der Waals surface area (Å²) in [4.78, 5) is 23.1. The van der Waals surface area contributed by atoms with Crippen molar-refractivity contribution in [3.8, 4) is 0 Å². The summed E-state index contributed by atoms with van der Waals surface area (Å²) in [5.74, 6) is -0.0159.